The van der Waals surface area contributed by atoms with Crippen LogP contribution in [0.4, 0.5) is 10.9 Å². The maximum atomic E-state index is 12.5. The van der Waals surface area contributed by atoms with E-state index in [-0.39, 0.29) is 5.91 Å². The largest absolute Gasteiger partial charge is 0.472 e. The number of hydrogen-bond acceptors (Lipinski definition) is 6. The second kappa shape index (κ2) is 6.62. The van der Waals surface area contributed by atoms with Crippen LogP contribution in [-0.2, 0) is 6.54 Å². The smallest absolute Gasteiger partial charge is 0.267 e. The standard InChI is InChI=1S/C14H20N4O2S/c1-4-18(5-2)14-16-12(15)11(21-14)13(19)17(3)8-10-6-7-20-9-10/h6-7,9H,4-5,8,15H2,1-3H3. The first-order valence-corrected chi connectivity index (χ1v) is 7.66. The van der Waals surface area contributed by atoms with Crippen molar-refractivity contribution in [2.45, 2.75) is 20.4 Å². The van der Waals surface area contributed by atoms with Crippen molar-refractivity contribution in [1.82, 2.24) is 9.88 Å². The summed E-state index contributed by atoms with van der Waals surface area (Å²) in [5, 5.41) is 0.789. The van der Waals surface area contributed by atoms with Crippen molar-refractivity contribution in [3.8, 4) is 0 Å². The van der Waals surface area contributed by atoms with E-state index >= 15 is 0 Å². The van der Waals surface area contributed by atoms with Crippen LogP contribution in [0.5, 0.6) is 0 Å². The van der Waals surface area contributed by atoms with E-state index in [0.29, 0.717) is 17.2 Å². The number of anilines is 2. The quantitative estimate of drug-likeness (QED) is 0.887. The lowest BCUT2D eigenvalue weighted by Crippen LogP contribution is -2.25. The van der Waals surface area contributed by atoms with Crippen molar-refractivity contribution >= 4 is 28.2 Å². The summed E-state index contributed by atoms with van der Waals surface area (Å²) in [4.78, 5) is 21.0. The van der Waals surface area contributed by atoms with E-state index in [4.69, 9.17) is 10.2 Å². The summed E-state index contributed by atoms with van der Waals surface area (Å²) in [5.74, 6) is 0.176. The van der Waals surface area contributed by atoms with Crippen molar-refractivity contribution in [3.05, 3.63) is 29.0 Å². The average Bonchev–Trinajstić information content (AvgIpc) is 3.09. The highest BCUT2D eigenvalue weighted by Crippen LogP contribution is 2.29. The zero-order valence-electron chi connectivity index (χ0n) is 12.5. The summed E-state index contributed by atoms with van der Waals surface area (Å²) in [7, 11) is 1.74. The first kappa shape index (κ1) is 15.4. The molecule has 0 unspecified atom stereocenters. The molecule has 2 heterocycles. The van der Waals surface area contributed by atoms with Crippen molar-refractivity contribution in [2.75, 3.05) is 30.8 Å². The van der Waals surface area contributed by atoms with E-state index in [2.05, 4.69) is 9.88 Å². The lowest BCUT2D eigenvalue weighted by atomic mass is 10.3. The Morgan fingerprint density at radius 1 is 1.43 bits per heavy atom. The van der Waals surface area contributed by atoms with E-state index in [1.165, 1.54) is 11.3 Å². The molecule has 0 aromatic carbocycles. The minimum Gasteiger partial charge on any atom is -0.472 e. The summed E-state index contributed by atoms with van der Waals surface area (Å²) in [5.41, 5.74) is 6.85. The van der Waals surface area contributed by atoms with Crippen LogP contribution in [0.25, 0.3) is 0 Å². The van der Waals surface area contributed by atoms with Gasteiger partial charge in [0.1, 0.15) is 10.7 Å². The fraction of sp³-hybridized carbons (Fsp3) is 0.429. The zero-order valence-corrected chi connectivity index (χ0v) is 13.3. The van der Waals surface area contributed by atoms with Gasteiger partial charge in [0.05, 0.1) is 12.5 Å². The van der Waals surface area contributed by atoms with E-state index in [0.717, 1.165) is 23.8 Å². The maximum absolute atomic E-state index is 12.5. The molecule has 0 saturated heterocycles. The third-order valence-electron chi connectivity index (χ3n) is 3.22. The van der Waals surface area contributed by atoms with Gasteiger partial charge in [-0.2, -0.15) is 0 Å². The van der Waals surface area contributed by atoms with Crippen LogP contribution in [0.1, 0.15) is 29.1 Å². The van der Waals surface area contributed by atoms with Crippen LogP contribution in [-0.4, -0.2) is 35.9 Å². The highest BCUT2D eigenvalue weighted by Gasteiger charge is 2.21. The van der Waals surface area contributed by atoms with Gasteiger partial charge in [-0.1, -0.05) is 11.3 Å². The van der Waals surface area contributed by atoms with Gasteiger partial charge in [0.25, 0.3) is 5.91 Å². The number of nitrogen functional groups attached to an aromatic ring is 1. The van der Waals surface area contributed by atoms with Gasteiger partial charge in [-0.25, -0.2) is 4.98 Å². The Balaban J connectivity index is 2.15. The average molecular weight is 308 g/mol. The summed E-state index contributed by atoms with van der Waals surface area (Å²) in [6.07, 6.45) is 3.22. The van der Waals surface area contributed by atoms with Gasteiger partial charge in [-0.3, -0.25) is 4.79 Å². The fourth-order valence-corrected chi connectivity index (χ4v) is 3.11. The molecule has 7 heteroatoms. The zero-order chi connectivity index (χ0) is 15.4. The predicted molar refractivity (Wildman–Crippen MR) is 84.6 cm³/mol. The molecule has 0 aliphatic heterocycles. The molecule has 0 bridgehead atoms. The Morgan fingerprint density at radius 2 is 2.14 bits per heavy atom. The Morgan fingerprint density at radius 3 is 2.71 bits per heavy atom. The number of nitrogens with two attached hydrogens (primary N) is 1. The molecule has 2 rings (SSSR count). The number of carbonyl (C=O) groups is 1. The third-order valence-corrected chi connectivity index (χ3v) is 4.34. The van der Waals surface area contributed by atoms with Gasteiger partial charge in [0.2, 0.25) is 0 Å². The molecule has 1 amide bonds. The SMILES string of the molecule is CCN(CC)c1nc(N)c(C(=O)N(C)Cc2ccoc2)s1. The second-order valence-electron chi connectivity index (χ2n) is 4.68. The number of amides is 1. The third kappa shape index (κ3) is 3.36. The van der Waals surface area contributed by atoms with Crippen LogP contribution < -0.4 is 10.6 Å². The summed E-state index contributed by atoms with van der Waals surface area (Å²) < 4.78 is 5.01. The Bertz CT molecular complexity index is 590. The number of thiazole rings is 1. The van der Waals surface area contributed by atoms with Gasteiger partial charge in [0.15, 0.2) is 5.13 Å². The monoisotopic (exact) mass is 308 g/mol. The number of rotatable bonds is 6. The second-order valence-corrected chi connectivity index (χ2v) is 5.65. The predicted octanol–water partition coefficient (Wildman–Crippen LogP) is 2.44. The highest BCUT2D eigenvalue weighted by molar-refractivity contribution is 7.18. The first-order chi connectivity index (χ1) is 10.1. The van der Waals surface area contributed by atoms with Crippen LogP contribution in [0.2, 0.25) is 0 Å². The van der Waals surface area contributed by atoms with Crippen molar-refractivity contribution < 1.29 is 9.21 Å². The van der Waals surface area contributed by atoms with Crippen molar-refractivity contribution in [2.24, 2.45) is 0 Å². The molecule has 2 aromatic heterocycles. The molecule has 0 atom stereocenters. The van der Waals surface area contributed by atoms with Crippen LogP contribution >= 0.6 is 11.3 Å². The molecule has 0 saturated carbocycles. The van der Waals surface area contributed by atoms with Crippen molar-refractivity contribution in [3.63, 3.8) is 0 Å². The molecule has 6 nitrogen and oxygen atoms in total. The molecule has 0 aliphatic carbocycles. The lowest BCUT2D eigenvalue weighted by molar-refractivity contribution is 0.0790. The Kier molecular flexibility index (Phi) is 4.85. The van der Waals surface area contributed by atoms with Gasteiger partial charge in [0, 0.05) is 32.2 Å². The van der Waals surface area contributed by atoms with Gasteiger partial charge in [-0.15, -0.1) is 0 Å². The summed E-state index contributed by atoms with van der Waals surface area (Å²) >= 11 is 1.34. The van der Waals surface area contributed by atoms with E-state index in [1.807, 2.05) is 19.9 Å². The molecule has 0 radical (unpaired) electrons. The van der Waals surface area contributed by atoms with Crippen LogP contribution in [0, 0.1) is 0 Å². The van der Waals surface area contributed by atoms with Crippen LogP contribution in [0.15, 0.2) is 23.0 Å². The van der Waals surface area contributed by atoms with Gasteiger partial charge in [-0.05, 0) is 19.9 Å². The number of hydrogen-bond donors (Lipinski definition) is 1. The molecule has 114 valence electrons. The number of nitrogens with zero attached hydrogens (tertiary/aromatic N) is 3. The van der Waals surface area contributed by atoms with E-state index < -0.39 is 0 Å². The first-order valence-electron chi connectivity index (χ1n) is 6.84. The number of aromatic nitrogens is 1. The lowest BCUT2D eigenvalue weighted by Gasteiger charge is -2.16. The molecule has 0 fully saturated rings. The molecule has 21 heavy (non-hydrogen) atoms. The summed E-state index contributed by atoms with van der Waals surface area (Å²) in [6.45, 7) is 6.25. The van der Waals surface area contributed by atoms with Crippen molar-refractivity contribution in [1.29, 1.82) is 0 Å². The van der Waals surface area contributed by atoms with Gasteiger partial charge >= 0.3 is 0 Å². The molecule has 2 N–H and O–H groups in total. The van der Waals surface area contributed by atoms with E-state index in [1.54, 1.807) is 24.5 Å². The minimum absolute atomic E-state index is 0.121. The minimum atomic E-state index is -0.121. The van der Waals surface area contributed by atoms with E-state index in [9.17, 15) is 4.79 Å². The highest BCUT2D eigenvalue weighted by atomic mass is 32.1. The normalized spacial score (nSPS) is 10.6. The molecule has 2 aromatic rings. The Labute approximate surface area is 128 Å². The number of furan rings is 1. The van der Waals surface area contributed by atoms with Gasteiger partial charge < -0.3 is 20.0 Å². The topological polar surface area (TPSA) is 75.6 Å². The molecule has 0 aliphatic rings. The molecule has 0 spiro atoms. The summed E-state index contributed by atoms with van der Waals surface area (Å²) in [6, 6.07) is 1.83. The molecular weight excluding hydrogens is 288 g/mol. The molecular formula is C14H20N4O2S. The number of carbonyl (C=O) groups excluding carboxylic acids is 1. The van der Waals surface area contributed by atoms with Crippen LogP contribution in [0.3, 0.4) is 0 Å². The Hall–Kier alpha value is -2.02. The fourth-order valence-electron chi connectivity index (χ4n) is 2.00. The maximum Gasteiger partial charge on any atom is 0.267 e.